The number of aliphatic hydroxyl groups is 9. The lowest BCUT2D eigenvalue weighted by Crippen LogP contribution is -2.76. The molecule has 6 fully saturated rings. The maximum absolute atomic E-state index is 12.8. The standard InChI is InChI=1S/C47H74O19/c1-10-27(51)64-37-38(61-20(2)50)47(19-49)22(17-42(37,3)4)21-11-12-25-44(7)15-14-26(43(5,6)24(44)13-16-45(25,8)46(21,9)35(57)36(47)58)63-41-34(31(55)30(54)33(65-41)39(59)60)66-40-32(56)29(53)28(52)23(18-48)62-40/h11,22-26,28-38,40-41,48-49,52-58H,10,12-19H2,1-9H3,(H,59,60). The van der Waals surface area contributed by atoms with Crippen LogP contribution in [-0.4, -0.2) is 174 Å². The highest BCUT2D eigenvalue weighted by molar-refractivity contribution is 5.73. The Labute approximate surface area is 385 Å². The number of hydrogen-bond donors (Lipinski definition) is 10. The van der Waals surface area contributed by atoms with E-state index in [2.05, 4.69) is 19.9 Å². The minimum absolute atomic E-state index is 0.0554. The van der Waals surface area contributed by atoms with E-state index in [1.807, 2.05) is 34.6 Å². The molecule has 2 aliphatic heterocycles. The molecule has 376 valence electrons. The van der Waals surface area contributed by atoms with E-state index in [9.17, 15) is 65.4 Å². The second-order valence-electron chi connectivity index (χ2n) is 22.4. The molecule has 5 aliphatic carbocycles. The number of aliphatic carboxylic acids is 1. The highest BCUT2D eigenvalue weighted by Crippen LogP contribution is 2.76. The zero-order valence-electron chi connectivity index (χ0n) is 39.5. The van der Waals surface area contributed by atoms with E-state index in [1.165, 1.54) is 6.92 Å². The van der Waals surface area contributed by atoms with Crippen molar-refractivity contribution >= 4 is 17.9 Å². The summed E-state index contributed by atoms with van der Waals surface area (Å²) in [4.78, 5) is 37.9. The van der Waals surface area contributed by atoms with Crippen molar-refractivity contribution in [2.75, 3.05) is 13.2 Å². The third-order valence-corrected chi connectivity index (χ3v) is 18.5. The van der Waals surface area contributed by atoms with Gasteiger partial charge in [0, 0.05) is 24.2 Å². The minimum atomic E-state index is -2.01. The molecule has 4 saturated carbocycles. The summed E-state index contributed by atoms with van der Waals surface area (Å²) in [5.41, 5.74) is -4.30. The van der Waals surface area contributed by atoms with E-state index < -0.39 is 161 Å². The fourth-order valence-electron chi connectivity index (χ4n) is 14.7. The van der Waals surface area contributed by atoms with Crippen molar-refractivity contribution in [3.63, 3.8) is 0 Å². The molecule has 2 saturated heterocycles. The summed E-state index contributed by atoms with van der Waals surface area (Å²) in [6.45, 7) is 15.8. The van der Waals surface area contributed by atoms with Crippen molar-refractivity contribution in [2.24, 2.45) is 50.2 Å². The molecule has 0 bridgehead atoms. The van der Waals surface area contributed by atoms with Gasteiger partial charge in [0.25, 0.3) is 0 Å². The molecule has 0 aromatic rings. The Morgan fingerprint density at radius 1 is 0.758 bits per heavy atom. The van der Waals surface area contributed by atoms with Crippen LogP contribution in [0, 0.1) is 50.2 Å². The number of carboxylic acids is 1. The molecular formula is C47H74O19. The average Bonchev–Trinajstić information content (AvgIpc) is 3.24. The summed E-state index contributed by atoms with van der Waals surface area (Å²) in [5, 5.41) is 110. The molecule has 7 aliphatic rings. The molecule has 66 heavy (non-hydrogen) atoms. The normalized spacial score (nSPS) is 50.6. The van der Waals surface area contributed by atoms with Crippen LogP contribution in [0.4, 0.5) is 0 Å². The van der Waals surface area contributed by atoms with Gasteiger partial charge in [-0.3, -0.25) is 9.59 Å². The van der Waals surface area contributed by atoms with Gasteiger partial charge in [0.15, 0.2) is 24.8 Å². The van der Waals surface area contributed by atoms with E-state index in [-0.39, 0.29) is 18.3 Å². The number of fused-ring (bicyclic) bond motifs is 7. The Balaban J connectivity index is 1.21. The smallest absolute Gasteiger partial charge is 0.335 e. The van der Waals surface area contributed by atoms with E-state index >= 15 is 0 Å². The van der Waals surface area contributed by atoms with Crippen LogP contribution in [0.25, 0.3) is 0 Å². The van der Waals surface area contributed by atoms with Gasteiger partial charge in [-0.05, 0) is 72.5 Å². The van der Waals surface area contributed by atoms with Crippen molar-refractivity contribution in [2.45, 2.75) is 199 Å². The first-order valence-corrected chi connectivity index (χ1v) is 23.6. The van der Waals surface area contributed by atoms with Gasteiger partial charge in [-0.15, -0.1) is 0 Å². The molecule has 19 nitrogen and oxygen atoms in total. The Hall–Kier alpha value is -2.37. The van der Waals surface area contributed by atoms with Crippen LogP contribution in [-0.2, 0) is 42.8 Å². The van der Waals surface area contributed by atoms with Crippen molar-refractivity contribution < 1.29 is 93.9 Å². The van der Waals surface area contributed by atoms with E-state index in [0.29, 0.717) is 38.5 Å². The second-order valence-corrected chi connectivity index (χ2v) is 22.4. The summed E-state index contributed by atoms with van der Waals surface area (Å²) < 4.78 is 35.9. The number of allylic oxidation sites excluding steroid dienone is 1. The number of carbonyl (C=O) groups excluding carboxylic acids is 2. The summed E-state index contributed by atoms with van der Waals surface area (Å²) in [7, 11) is 0. The van der Waals surface area contributed by atoms with Gasteiger partial charge in [0.05, 0.1) is 36.9 Å². The van der Waals surface area contributed by atoms with Crippen LogP contribution >= 0.6 is 0 Å². The zero-order chi connectivity index (χ0) is 49.0. The Morgan fingerprint density at radius 2 is 1.42 bits per heavy atom. The van der Waals surface area contributed by atoms with Gasteiger partial charge in [0.1, 0.15) is 48.8 Å². The van der Waals surface area contributed by atoms with E-state index in [1.54, 1.807) is 6.92 Å². The van der Waals surface area contributed by atoms with Gasteiger partial charge < -0.3 is 79.5 Å². The first-order chi connectivity index (χ1) is 30.6. The molecular weight excluding hydrogens is 868 g/mol. The predicted octanol–water partition coefficient (Wildman–Crippen LogP) is 0.297. The lowest BCUT2D eigenvalue weighted by Gasteiger charge is -2.73. The minimum Gasteiger partial charge on any atom is -0.479 e. The van der Waals surface area contributed by atoms with Crippen LogP contribution < -0.4 is 0 Å². The fraction of sp³-hybridized carbons (Fsp3) is 0.894. The van der Waals surface area contributed by atoms with Gasteiger partial charge in [0.2, 0.25) is 0 Å². The first-order valence-electron chi connectivity index (χ1n) is 23.6. The summed E-state index contributed by atoms with van der Waals surface area (Å²) in [5.74, 6) is -3.49. The molecule has 7 rings (SSSR count). The molecule has 0 aromatic heterocycles. The Bertz CT molecular complexity index is 1870. The lowest BCUT2D eigenvalue weighted by molar-refractivity contribution is -0.374. The SMILES string of the molecule is CCC(=O)OC1C(OC(C)=O)C2(CO)C(CC1(C)C)C1=CCC3C4(C)CCC(OC5OC(C(=O)O)C(O)C(O)C5OC5OC(CO)C(O)C(O)C5O)C(C)(C)C4CCC3(C)C1(C)C(O)C2O. The fourth-order valence-corrected chi connectivity index (χ4v) is 14.7. The molecule has 2 heterocycles. The van der Waals surface area contributed by atoms with Crippen molar-refractivity contribution in [1.29, 1.82) is 0 Å². The van der Waals surface area contributed by atoms with Crippen LogP contribution in [0.5, 0.6) is 0 Å². The number of carboxylic acid groups (broad SMARTS) is 1. The number of hydrogen-bond acceptors (Lipinski definition) is 18. The highest BCUT2D eigenvalue weighted by atomic mass is 16.8. The molecule has 22 atom stereocenters. The first kappa shape index (κ1) is 51.5. The molecule has 0 aromatic carbocycles. The third-order valence-electron chi connectivity index (χ3n) is 18.5. The number of ether oxygens (including phenoxy) is 6. The molecule has 0 spiro atoms. The van der Waals surface area contributed by atoms with Crippen molar-refractivity contribution in [3.8, 4) is 0 Å². The van der Waals surface area contributed by atoms with Crippen molar-refractivity contribution in [1.82, 2.24) is 0 Å². The van der Waals surface area contributed by atoms with E-state index in [0.717, 1.165) is 5.57 Å². The van der Waals surface area contributed by atoms with Gasteiger partial charge in [-0.1, -0.05) is 67.0 Å². The van der Waals surface area contributed by atoms with Gasteiger partial charge >= 0.3 is 17.9 Å². The number of esters is 2. The highest BCUT2D eigenvalue weighted by Gasteiger charge is 2.76. The topological polar surface area (TPSA) is 309 Å². The summed E-state index contributed by atoms with van der Waals surface area (Å²) in [6.07, 6.45) is -18.4. The average molecular weight is 943 g/mol. The maximum atomic E-state index is 12.8. The number of rotatable bonds is 10. The second kappa shape index (κ2) is 17.8. The maximum Gasteiger partial charge on any atom is 0.335 e. The largest absolute Gasteiger partial charge is 0.479 e. The monoisotopic (exact) mass is 942 g/mol. The Kier molecular flexibility index (Phi) is 13.9. The van der Waals surface area contributed by atoms with Gasteiger partial charge in [-0.25, -0.2) is 4.79 Å². The van der Waals surface area contributed by atoms with E-state index in [4.69, 9.17) is 28.4 Å². The summed E-state index contributed by atoms with van der Waals surface area (Å²) >= 11 is 0. The Morgan fingerprint density at radius 3 is 2.02 bits per heavy atom. The number of carbonyl (C=O) groups is 3. The zero-order valence-corrected chi connectivity index (χ0v) is 39.5. The summed E-state index contributed by atoms with van der Waals surface area (Å²) in [6, 6.07) is 0. The van der Waals surface area contributed by atoms with Gasteiger partial charge in [-0.2, -0.15) is 0 Å². The molecule has 19 heteroatoms. The lowest BCUT2D eigenvalue weighted by atomic mass is 9.32. The molecule has 10 N–H and O–H groups in total. The van der Waals surface area contributed by atoms with Crippen LogP contribution in [0.15, 0.2) is 11.6 Å². The van der Waals surface area contributed by atoms with Crippen LogP contribution in [0.1, 0.15) is 107 Å². The van der Waals surface area contributed by atoms with Crippen LogP contribution in [0.3, 0.4) is 0 Å². The molecule has 22 unspecified atom stereocenters. The third kappa shape index (κ3) is 7.51. The van der Waals surface area contributed by atoms with Crippen molar-refractivity contribution in [3.05, 3.63) is 11.6 Å². The quantitative estimate of drug-likeness (QED) is 0.0800. The van der Waals surface area contributed by atoms with Crippen LogP contribution in [0.2, 0.25) is 0 Å². The predicted molar refractivity (Wildman–Crippen MR) is 227 cm³/mol. The molecule has 0 radical (unpaired) electrons. The number of aliphatic hydroxyl groups excluding tert-OH is 9. The molecule has 0 amide bonds.